The second-order valence-electron chi connectivity index (χ2n) is 10.3. The number of para-hydroxylation sites is 1. The van der Waals surface area contributed by atoms with Crippen molar-refractivity contribution in [3.05, 3.63) is 83.7 Å². The smallest absolute Gasteiger partial charge is 0.335 e. The number of halogens is 1. The number of ether oxygens (including phenoxy) is 2. The lowest BCUT2D eigenvalue weighted by Crippen LogP contribution is -2.75. The summed E-state index contributed by atoms with van der Waals surface area (Å²) in [6, 6.07) is 17.4. The van der Waals surface area contributed by atoms with Crippen molar-refractivity contribution in [1.82, 2.24) is 10.2 Å². The summed E-state index contributed by atoms with van der Waals surface area (Å²) in [5.41, 5.74) is 1.55. The van der Waals surface area contributed by atoms with Crippen LogP contribution in [-0.2, 0) is 22.6 Å². The first kappa shape index (κ1) is 23.7. The molecule has 4 amide bonds. The number of nitrogens with zero attached hydrogens (tertiary/aromatic N) is 3. The molecular formula is C29H25FN4O5. The molecule has 3 aromatic rings. The number of nitrogens with one attached hydrogen (secondary N) is 1. The summed E-state index contributed by atoms with van der Waals surface area (Å²) in [5, 5.41) is 2.45. The summed E-state index contributed by atoms with van der Waals surface area (Å²) in [7, 11) is 0. The van der Waals surface area contributed by atoms with E-state index in [1.807, 2.05) is 42.5 Å². The van der Waals surface area contributed by atoms with Crippen molar-refractivity contribution in [2.24, 2.45) is 5.41 Å². The first-order valence-electron chi connectivity index (χ1n) is 12.8. The van der Waals surface area contributed by atoms with E-state index in [-0.39, 0.29) is 18.9 Å². The molecule has 4 aliphatic rings. The predicted octanol–water partition coefficient (Wildman–Crippen LogP) is 3.07. The second kappa shape index (κ2) is 8.81. The van der Waals surface area contributed by atoms with Gasteiger partial charge in [0.25, 0.3) is 5.91 Å². The molecule has 3 aromatic carbocycles. The molecule has 10 heteroatoms. The maximum absolute atomic E-state index is 14.3. The molecule has 0 saturated carbocycles. The van der Waals surface area contributed by atoms with Crippen LogP contribution in [0.2, 0.25) is 0 Å². The Morgan fingerprint density at radius 3 is 2.59 bits per heavy atom. The average Bonchev–Trinajstić information content (AvgIpc) is 3.41. The van der Waals surface area contributed by atoms with Crippen molar-refractivity contribution in [3.63, 3.8) is 0 Å². The maximum atomic E-state index is 14.3. The Labute approximate surface area is 223 Å². The number of barbiturate groups is 1. The minimum Gasteiger partial charge on any atom is -0.454 e. The molecule has 2 unspecified atom stereocenters. The lowest BCUT2D eigenvalue weighted by molar-refractivity contribution is -0.145. The van der Waals surface area contributed by atoms with Crippen LogP contribution in [0.5, 0.6) is 11.5 Å². The molecule has 39 heavy (non-hydrogen) atoms. The van der Waals surface area contributed by atoms with Gasteiger partial charge in [0, 0.05) is 31.9 Å². The average molecular weight is 529 g/mol. The molecule has 2 atom stereocenters. The number of rotatable bonds is 3. The monoisotopic (exact) mass is 528 g/mol. The summed E-state index contributed by atoms with van der Waals surface area (Å²) in [6.45, 7) is 2.52. The lowest BCUT2D eigenvalue weighted by Gasteiger charge is -2.55. The van der Waals surface area contributed by atoms with Crippen LogP contribution >= 0.6 is 0 Å². The fourth-order valence-electron chi connectivity index (χ4n) is 6.28. The van der Waals surface area contributed by atoms with Gasteiger partial charge in [-0.15, -0.1) is 0 Å². The van der Waals surface area contributed by atoms with E-state index in [1.165, 1.54) is 24.3 Å². The van der Waals surface area contributed by atoms with E-state index >= 15 is 0 Å². The van der Waals surface area contributed by atoms with Crippen molar-refractivity contribution in [2.45, 2.75) is 19.0 Å². The van der Waals surface area contributed by atoms with Crippen LogP contribution in [0.4, 0.5) is 20.6 Å². The summed E-state index contributed by atoms with van der Waals surface area (Å²) < 4.78 is 24.6. The number of carbonyl (C=O) groups is 3. The Hall–Kier alpha value is -4.44. The summed E-state index contributed by atoms with van der Waals surface area (Å²) in [6.07, 6.45) is 0.151. The van der Waals surface area contributed by atoms with Crippen molar-refractivity contribution in [1.29, 1.82) is 0 Å². The molecule has 1 spiro atoms. The number of hydrogen-bond acceptors (Lipinski definition) is 7. The molecule has 0 bridgehead atoms. The van der Waals surface area contributed by atoms with E-state index < -0.39 is 35.1 Å². The van der Waals surface area contributed by atoms with Gasteiger partial charge in [-0.05, 0) is 60.0 Å². The van der Waals surface area contributed by atoms with Gasteiger partial charge in [0.15, 0.2) is 16.9 Å². The summed E-state index contributed by atoms with van der Waals surface area (Å²) >= 11 is 0. The maximum Gasteiger partial charge on any atom is 0.335 e. The van der Waals surface area contributed by atoms with Crippen LogP contribution in [0.15, 0.2) is 66.7 Å². The highest BCUT2D eigenvalue weighted by Gasteiger charge is 2.63. The number of fused-ring (bicyclic) bond motifs is 5. The highest BCUT2D eigenvalue weighted by molar-refractivity contribution is 6.30. The van der Waals surface area contributed by atoms with Crippen LogP contribution in [0.1, 0.15) is 11.1 Å². The van der Waals surface area contributed by atoms with Crippen LogP contribution in [0, 0.1) is 11.2 Å². The van der Waals surface area contributed by atoms with E-state index in [0.29, 0.717) is 37.7 Å². The van der Waals surface area contributed by atoms with E-state index in [1.54, 1.807) is 0 Å². The number of piperazine rings is 1. The van der Waals surface area contributed by atoms with Crippen LogP contribution in [-0.4, -0.2) is 55.2 Å². The van der Waals surface area contributed by atoms with E-state index in [9.17, 15) is 18.8 Å². The minimum absolute atomic E-state index is 0.151. The Bertz CT molecular complexity index is 1510. The van der Waals surface area contributed by atoms with Gasteiger partial charge in [-0.25, -0.2) is 14.1 Å². The molecule has 2 fully saturated rings. The van der Waals surface area contributed by atoms with Gasteiger partial charge in [0.05, 0.1) is 11.7 Å². The van der Waals surface area contributed by atoms with Gasteiger partial charge in [0.1, 0.15) is 5.82 Å². The number of hydrogen-bond donors (Lipinski definition) is 1. The van der Waals surface area contributed by atoms with E-state index in [4.69, 9.17) is 9.47 Å². The van der Waals surface area contributed by atoms with Gasteiger partial charge >= 0.3 is 6.03 Å². The Balaban J connectivity index is 1.27. The van der Waals surface area contributed by atoms with Gasteiger partial charge in [-0.2, -0.15) is 0 Å². The normalized spacial score (nSPS) is 24.0. The van der Waals surface area contributed by atoms with Crippen molar-refractivity contribution < 1.29 is 28.2 Å². The zero-order chi connectivity index (χ0) is 26.7. The number of benzene rings is 3. The van der Waals surface area contributed by atoms with Crippen molar-refractivity contribution in [2.75, 3.05) is 36.2 Å². The third kappa shape index (κ3) is 3.66. The Morgan fingerprint density at radius 1 is 0.949 bits per heavy atom. The van der Waals surface area contributed by atoms with Crippen molar-refractivity contribution in [3.8, 4) is 11.5 Å². The highest BCUT2D eigenvalue weighted by atomic mass is 19.1. The van der Waals surface area contributed by atoms with E-state index in [0.717, 1.165) is 21.7 Å². The number of imide groups is 2. The lowest BCUT2D eigenvalue weighted by atomic mass is 9.67. The van der Waals surface area contributed by atoms with Gasteiger partial charge < -0.3 is 14.4 Å². The first-order chi connectivity index (χ1) is 18.9. The minimum atomic E-state index is -1.55. The van der Waals surface area contributed by atoms with Crippen LogP contribution in [0.3, 0.4) is 0 Å². The van der Waals surface area contributed by atoms with Gasteiger partial charge in [0.2, 0.25) is 12.7 Å². The summed E-state index contributed by atoms with van der Waals surface area (Å²) in [4.78, 5) is 46.4. The zero-order valence-electron chi connectivity index (χ0n) is 20.9. The number of urea groups is 1. The predicted molar refractivity (Wildman–Crippen MR) is 139 cm³/mol. The quantitative estimate of drug-likeness (QED) is 0.523. The molecule has 0 aromatic heterocycles. The fraction of sp³-hybridized carbons (Fsp3) is 0.276. The molecule has 198 valence electrons. The second-order valence-corrected chi connectivity index (χ2v) is 10.3. The van der Waals surface area contributed by atoms with E-state index in [2.05, 4.69) is 15.1 Å². The Morgan fingerprint density at radius 2 is 1.74 bits per heavy atom. The van der Waals surface area contributed by atoms with Gasteiger partial charge in [-0.3, -0.25) is 19.8 Å². The molecule has 1 N–H and O–H groups in total. The van der Waals surface area contributed by atoms with Crippen molar-refractivity contribution >= 4 is 29.2 Å². The standard InChI is InChI=1S/C29H25FN4O5/c30-20-6-8-21(9-7-20)34-27(36)29(26(35)31-28(34)37)14-19-3-1-2-4-22(19)33-12-11-32(16-25(29)33)15-18-5-10-23-24(13-18)39-17-38-23/h1-10,13,25H,11-12,14-17H2,(H,31,35,37). The van der Waals surface area contributed by atoms with Gasteiger partial charge in [-0.1, -0.05) is 24.3 Å². The molecule has 7 rings (SSSR count). The molecule has 0 aliphatic carbocycles. The SMILES string of the molecule is O=C1NC(=O)C2(Cc3ccccc3N3CCN(Cc4ccc5c(c4)OCO5)CC32)C(=O)N1c1ccc(F)cc1. The number of amides is 4. The fourth-order valence-corrected chi connectivity index (χ4v) is 6.28. The molecule has 9 nitrogen and oxygen atoms in total. The first-order valence-corrected chi connectivity index (χ1v) is 12.8. The Kier molecular flexibility index (Phi) is 5.34. The number of anilines is 2. The zero-order valence-corrected chi connectivity index (χ0v) is 20.9. The topological polar surface area (TPSA) is 91.4 Å². The molecule has 4 aliphatic heterocycles. The third-order valence-electron chi connectivity index (χ3n) is 8.15. The third-order valence-corrected chi connectivity index (χ3v) is 8.15. The molecular weight excluding hydrogens is 503 g/mol. The van der Waals surface area contributed by atoms with Crippen LogP contribution in [0.25, 0.3) is 0 Å². The highest BCUT2D eigenvalue weighted by Crippen LogP contribution is 2.46. The van der Waals surface area contributed by atoms with Crippen LogP contribution < -0.4 is 24.6 Å². The largest absolute Gasteiger partial charge is 0.454 e. The molecule has 2 saturated heterocycles. The molecule has 4 heterocycles. The summed E-state index contributed by atoms with van der Waals surface area (Å²) in [5.74, 6) is -0.285. The molecule has 0 radical (unpaired) electrons. The number of carbonyl (C=O) groups excluding carboxylic acids is 3.